The first-order valence-corrected chi connectivity index (χ1v) is 10.6. The smallest absolute Gasteiger partial charge is 0.238 e. The fraction of sp³-hybridized carbons (Fsp3) is 0.318. The zero-order valence-corrected chi connectivity index (χ0v) is 16.7. The van der Waals surface area contributed by atoms with E-state index >= 15 is 0 Å². The number of aromatic nitrogens is 3. The Balaban J connectivity index is 1.58. The predicted molar refractivity (Wildman–Crippen MR) is 111 cm³/mol. The molecule has 1 aliphatic carbocycles. The Kier molecular flexibility index (Phi) is 5.76. The van der Waals surface area contributed by atoms with Crippen LogP contribution in [0.3, 0.4) is 0 Å². The lowest BCUT2D eigenvalue weighted by Gasteiger charge is -2.17. The van der Waals surface area contributed by atoms with Gasteiger partial charge in [-0.2, -0.15) is 0 Å². The number of hydrogen-bond donors (Lipinski definition) is 1. The molecule has 0 aliphatic heterocycles. The van der Waals surface area contributed by atoms with Crippen LogP contribution in [0.5, 0.6) is 0 Å². The summed E-state index contributed by atoms with van der Waals surface area (Å²) in [5.41, 5.74) is 2.19. The van der Waals surface area contributed by atoms with Gasteiger partial charge >= 0.3 is 0 Å². The minimum atomic E-state index is -0.333. The lowest BCUT2D eigenvalue weighted by Crippen LogP contribution is -2.30. The zero-order valence-electron chi connectivity index (χ0n) is 15.9. The summed E-state index contributed by atoms with van der Waals surface area (Å²) in [4.78, 5) is 12.9. The van der Waals surface area contributed by atoms with E-state index in [9.17, 15) is 4.79 Å². The first-order chi connectivity index (χ1) is 13.7. The quantitative estimate of drug-likeness (QED) is 0.589. The summed E-state index contributed by atoms with van der Waals surface area (Å²) in [5.74, 6) is 0.972. The molecule has 0 radical (unpaired) electrons. The van der Waals surface area contributed by atoms with Crippen LogP contribution in [0.4, 0.5) is 0 Å². The summed E-state index contributed by atoms with van der Waals surface area (Å²) in [6, 6.07) is 20.5. The van der Waals surface area contributed by atoms with Crippen molar-refractivity contribution in [2.45, 2.75) is 49.2 Å². The summed E-state index contributed by atoms with van der Waals surface area (Å²) < 4.78 is 2.11. The summed E-state index contributed by atoms with van der Waals surface area (Å²) >= 11 is 1.48. The highest BCUT2D eigenvalue weighted by Gasteiger charge is 2.30. The number of thioether (sulfide) groups is 1. The van der Waals surface area contributed by atoms with Gasteiger partial charge in [0.2, 0.25) is 5.91 Å². The normalized spacial score (nSPS) is 14.6. The summed E-state index contributed by atoms with van der Waals surface area (Å²) in [6.45, 7) is 2.85. The molecule has 1 atom stereocenters. The van der Waals surface area contributed by atoms with Crippen molar-refractivity contribution in [3.63, 3.8) is 0 Å². The molecular weight excluding hydrogens is 368 g/mol. The third kappa shape index (κ3) is 4.44. The average molecular weight is 393 g/mol. The van der Waals surface area contributed by atoms with Crippen LogP contribution in [0.15, 0.2) is 65.8 Å². The molecule has 1 aromatic heterocycles. The highest BCUT2D eigenvalue weighted by Crippen LogP contribution is 2.36. The predicted octanol–water partition coefficient (Wildman–Crippen LogP) is 4.00. The minimum absolute atomic E-state index is 0.0500. The van der Waals surface area contributed by atoms with Crippen LogP contribution in [-0.2, 0) is 17.8 Å². The number of benzene rings is 2. The van der Waals surface area contributed by atoms with Gasteiger partial charge in [0.1, 0.15) is 11.1 Å². The van der Waals surface area contributed by atoms with Gasteiger partial charge in [0.05, 0.1) is 0 Å². The number of carbonyl (C=O) groups is 1. The van der Waals surface area contributed by atoms with Gasteiger partial charge in [0.15, 0.2) is 5.16 Å². The second kappa shape index (κ2) is 8.61. The monoisotopic (exact) mass is 392 g/mol. The van der Waals surface area contributed by atoms with E-state index in [0.29, 0.717) is 6.04 Å². The molecule has 1 aliphatic rings. The standard InChI is InChI=1S/C22H24N4OS/c1-2-26-19(15-16-9-5-3-6-10-16)24-25-22(26)28-20(17-11-7-4-8-12-17)21(27)23-18-13-14-18/h3-12,18,20H,2,13-15H2,1H3,(H,23,27)/t20-/m0/s1. The average Bonchev–Trinajstić information content (AvgIpc) is 3.46. The van der Waals surface area contributed by atoms with Crippen LogP contribution in [-0.4, -0.2) is 26.7 Å². The van der Waals surface area contributed by atoms with E-state index in [2.05, 4.69) is 39.1 Å². The summed E-state index contributed by atoms with van der Waals surface area (Å²) in [7, 11) is 0. The van der Waals surface area contributed by atoms with E-state index in [1.807, 2.05) is 48.5 Å². The molecule has 0 spiro atoms. The largest absolute Gasteiger partial charge is 0.352 e. The van der Waals surface area contributed by atoms with E-state index < -0.39 is 0 Å². The van der Waals surface area contributed by atoms with Crippen molar-refractivity contribution in [3.05, 3.63) is 77.6 Å². The SMILES string of the molecule is CCn1c(Cc2ccccc2)nnc1S[C@H](C(=O)NC1CC1)c1ccccc1. The van der Waals surface area contributed by atoms with Gasteiger partial charge in [0.25, 0.3) is 0 Å². The molecule has 6 heteroatoms. The van der Waals surface area contributed by atoms with E-state index in [1.54, 1.807) is 0 Å². The molecule has 1 heterocycles. The lowest BCUT2D eigenvalue weighted by molar-refractivity contribution is -0.120. The van der Waals surface area contributed by atoms with Crippen LogP contribution < -0.4 is 5.32 Å². The van der Waals surface area contributed by atoms with Gasteiger partial charge in [-0.1, -0.05) is 72.4 Å². The second-order valence-electron chi connectivity index (χ2n) is 7.00. The van der Waals surface area contributed by atoms with Crippen LogP contribution in [0.1, 0.15) is 42.0 Å². The molecular formula is C22H24N4OS. The van der Waals surface area contributed by atoms with Crippen LogP contribution >= 0.6 is 11.8 Å². The number of nitrogens with zero attached hydrogens (tertiary/aromatic N) is 3. The number of hydrogen-bond acceptors (Lipinski definition) is 4. The van der Waals surface area contributed by atoms with Gasteiger partial charge < -0.3 is 9.88 Å². The highest BCUT2D eigenvalue weighted by atomic mass is 32.2. The minimum Gasteiger partial charge on any atom is -0.352 e. The van der Waals surface area contributed by atoms with Crippen molar-refractivity contribution in [1.29, 1.82) is 0 Å². The van der Waals surface area contributed by atoms with Crippen molar-refractivity contribution < 1.29 is 4.79 Å². The van der Waals surface area contributed by atoms with Gasteiger partial charge in [-0.15, -0.1) is 10.2 Å². The lowest BCUT2D eigenvalue weighted by atomic mass is 10.1. The molecule has 0 saturated heterocycles. The van der Waals surface area contributed by atoms with Crippen LogP contribution in [0.25, 0.3) is 0 Å². The molecule has 1 saturated carbocycles. The van der Waals surface area contributed by atoms with Gasteiger partial charge in [-0.25, -0.2) is 0 Å². The Morgan fingerprint density at radius 1 is 1.11 bits per heavy atom. The Morgan fingerprint density at radius 3 is 2.43 bits per heavy atom. The Bertz CT molecular complexity index is 922. The molecule has 1 fully saturated rings. The Labute approximate surface area is 169 Å². The third-order valence-electron chi connectivity index (χ3n) is 4.80. The Morgan fingerprint density at radius 2 is 1.79 bits per heavy atom. The molecule has 144 valence electrons. The van der Waals surface area contributed by atoms with Crippen LogP contribution in [0.2, 0.25) is 0 Å². The van der Waals surface area contributed by atoms with E-state index in [-0.39, 0.29) is 11.2 Å². The van der Waals surface area contributed by atoms with E-state index in [0.717, 1.165) is 42.4 Å². The highest BCUT2D eigenvalue weighted by molar-refractivity contribution is 8.00. The second-order valence-corrected chi connectivity index (χ2v) is 8.07. The van der Waals surface area contributed by atoms with Crippen molar-refractivity contribution in [2.24, 2.45) is 0 Å². The molecule has 4 rings (SSSR count). The third-order valence-corrected chi connectivity index (χ3v) is 6.04. The summed E-state index contributed by atoms with van der Waals surface area (Å²) in [6.07, 6.45) is 2.88. The number of amides is 1. The molecule has 1 amide bonds. The van der Waals surface area contributed by atoms with E-state index in [1.165, 1.54) is 17.3 Å². The zero-order chi connectivity index (χ0) is 19.3. The fourth-order valence-corrected chi connectivity index (χ4v) is 4.27. The molecule has 5 nitrogen and oxygen atoms in total. The first kappa shape index (κ1) is 18.7. The summed E-state index contributed by atoms with van der Waals surface area (Å²) in [5, 5.41) is 12.4. The Hall–Kier alpha value is -2.60. The molecule has 1 N–H and O–H groups in total. The van der Waals surface area contributed by atoms with Gasteiger partial charge in [-0.3, -0.25) is 4.79 Å². The van der Waals surface area contributed by atoms with Crippen molar-refractivity contribution in [1.82, 2.24) is 20.1 Å². The van der Waals surface area contributed by atoms with Crippen molar-refractivity contribution in [2.75, 3.05) is 0 Å². The molecule has 0 unspecified atom stereocenters. The maximum absolute atomic E-state index is 12.9. The maximum atomic E-state index is 12.9. The maximum Gasteiger partial charge on any atom is 0.238 e. The number of nitrogens with one attached hydrogen (secondary N) is 1. The number of carbonyl (C=O) groups excluding carboxylic acids is 1. The van der Waals surface area contributed by atoms with Crippen molar-refractivity contribution in [3.8, 4) is 0 Å². The van der Waals surface area contributed by atoms with Crippen molar-refractivity contribution >= 4 is 17.7 Å². The van der Waals surface area contributed by atoms with Crippen LogP contribution in [0, 0.1) is 0 Å². The fourth-order valence-electron chi connectivity index (χ4n) is 3.14. The molecule has 3 aromatic rings. The molecule has 2 aromatic carbocycles. The van der Waals surface area contributed by atoms with Gasteiger partial charge in [-0.05, 0) is 30.9 Å². The molecule has 28 heavy (non-hydrogen) atoms. The number of rotatable bonds is 8. The first-order valence-electron chi connectivity index (χ1n) is 9.72. The van der Waals surface area contributed by atoms with Gasteiger partial charge in [0, 0.05) is 19.0 Å². The van der Waals surface area contributed by atoms with E-state index in [4.69, 9.17) is 0 Å². The molecule has 0 bridgehead atoms. The topological polar surface area (TPSA) is 59.8 Å².